The van der Waals surface area contributed by atoms with Crippen LogP contribution in [0.25, 0.3) is 10.6 Å². The summed E-state index contributed by atoms with van der Waals surface area (Å²) in [6.07, 6.45) is 3.48. The first-order chi connectivity index (χ1) is 5.86. The van der Waals surface area contributed by atoms with Crippen LogP contribution < -0.4 is 0 Å². The molecule has 0 aliphatic rings. The average Bonchev–Trinajstić information content (AvgIpc) is 2.54. The summed E-state index contributed by atoms with van der Waals surface area (Å²) in [4.78, 5) is 8.10. The van der Waals surface area contributed by atoms with Gasteiger partial charge in [0.15, 0.2) is 0 Å². The average molecular weight is 242 g/mol. The lowest BCUT2D eigenvalue weighted by molar-refractivity contribution is 1.25. The molecular weight excluding hydrogens is 238 g/mol. The van der Waals surface area contributed by atoms with E-state index in [1.54, 1.807) is 12.4 Å². The fourth-order valence-electron chi connectivity index (χ4n) is 0.817. The maximum absolute atomic E-state index is 4.18. The Kier molecular flexibility index (Phi) is 2.14. The van der Waals surface area contributed by atoms with E-state index in [9.17, 15) is 0 Å². The number of pyridine rings is 1. The summed E-state index contributed by atoms with van der Waals surface area (Å²) in [6, 6.07) is 3.82. The zero-order chi connectivity index (χ0) is 8.39. The predicted octanol–water partition coefficient (Wildman–Crippen LogP) is 2.36. The number of aromatic nitrogens is 3. The Balaban J connectivity index is 2.45. The van der Waals surface area contributed by atoms with Crippen LogP contribution in [0, 0.1) is 0 Å². The van der Waals surface area contributed by atoms with Crippen LogP contribution in [0.4, 0.5) is 0 Å². The number of hydrogen-bond donors (Lipinski definition) is 0. The van der Waals surface area contributed by atoms with Crippen LogP contribution in [-0.4, -0.2) is 14.3 Å². The van der Waals surface area contributed by atoms with Crippen LogP contribution in [0.15, 0.2) is 29.3 Å². The summed E-state index contributed by atoms with van der Waals surface area (Å²) >= 11 is 4.57. The summed E-state index contributed by atoms with van der Waals surface area (Å²) in [7, 11) is 0. The second kappa shape index (κ2) is 3.28. The minimum Gasteiger partial charge on any atom is -0.265 e. The predicted molar refractivity (Wildman–Crippen MR) is 50.8 cm³/mol. The lowest BCUT2D eigenvalue weighted by atomic mass is 10.3. The van der Waals surface area contributed by atoms with E-state index in [1.165, 1.54) is 11.5 Å². The quantitative estimate of drug-likeness (QED) is 0.770. The highest BCUT2D eigenvalue weighted by Crippen LogP contribution is 2.21. The molecule has 0 aliphatic carbocycles. The molecule has 0 saturated carbocycles. The third-order valence-corrected chi connectivity index (χ3v) is 2.68. The zero-order valence-corrected chi connectivity index (χ0v) is 8.34. The molecule has 2 rings (SSSR count). The standard InChI is InChI=1S/C7H4BrN3S/c8-7-10-6(12-11-7)5-1-3-9-4-2-5/h1-4H. The normalized spacial score (nSPS) is 10.1. The maximum Gasteiger partial charge on any atom is 0.209 e. The van der Waals surface area contributed by atoms with Gasteiger partial charge in [0.05, 0.1) is 0 Å². The summed E-state index contributed by atoms with van der Waals surface area (Å²) in [5.41, 5.74) is 1.05. The van der Waals surface area contributed by atoms with E-state index in [0.717, 1.165) is 10.6 Å². The van der Waals surface area contributed by atoms with Gasteiger partial charge in [0.2, 0.25) is 4.73 Å². The van der Waals surface area contributed by atoms with Gasteiger partial charge in [-0.2, -0.15) is 4.37 Å². The highest BCUT2D eigenvalue weighted by Gasteiger charge is 2.02. The van der Waals surface area contributed by atoms with E-state index in [4.69, 9.17) is 0 Å². The minimum atomic E-state index is 0.638. The highest BCUT2D eigenvalue weighted by atomic mass is 79.9. The number of rotatable bonds is 1. The second-order valence-electron chi connectivity index (χ2n) is 2.10. The van der Waals surface area contributed by atoms with Crippen LogP contribution in [-0.2, 0) is 0 Å². The molecule has 0 aliphatic heterocycles. The molecule has 0 N–H and O–H groups in total. The van der Waals surface area contributed by atoms with Gasteiger partial charge in [-0.25, -0.2) is 4.98 Å². The Labute approximate surface area is 81.8 Å². The first kappa shape index (κ1) is 7.82. The summed E-state index contributed by atoms with van der Waals surface area (Å²) < 4.78 is 4.66. The molecule has 60 valence electrons. The van der Waals surface area contributed by atoms with Crippen LogP contribution in [0.2, 0.25) is 0 Å². The smallest absolute Gasteiger partial charge is 0.209 e. The molecule has 5 heteroatoms. The molecule has 0 amide bonds. The van der Waals surface area contributed by atoms with E-state index in [-0.39, 0.29) is 0 Å². The van der Waals surface area contributed by atoms with Crippen molar-refractivity contribution >= 4 is 27.5 Å². The molecule has 2 heterocycles. The maximum atomic E-state index is 4.18. The third-order valence-electron chi connectivity index (χ3n) is 1.33. The second-order valence-corrected chi connectivity index (χ2v) is 3.57. The van der Waals surface area contributed by atoms with Crippen molar-refractivity contribution in [2.24, 2.45) is 0 Å². The molecule has 0 atom stereocenters. The van der Waals surface area contributed by atoms with Crippen molar-refractivity contribution in [3.8, 4) is 10.6 Å². The van der Waals surface area contributed by atoms with Gasteiger partial charge in [-0.05, 0) is 39.6 Å². The molecule has 0 aromatic carbocycles. The zero-order valence-electron chi connectivity index (χ0n) is 5.94. The molecule has 0 unspecified atom stereocenters. The number of hydrogen-bond acceptors (Lipinski definition) is 4. The Bertz CT molecular complexity index is 373. The first-order valence-corrected chi connectivity index (χ1v) is 4.82. The van der Waals surface area contributed by atoms with E-state index < -0.39 is 0 Å². The van der Waals surface area contributed by atoms with Gasteiger partial charge >= 0.3 is 0 Å². The van der Waals surface area contributed by atoms with Gasteiger partial charge in [-0.15, -0.1) is 0 Å². The largest absolute Gasteiger partial charge is 0.265 e. The van der Waals surface area contributed by atoms with Crippen molar-refractivity contribution in [3.63, 3.8) is 0 Å². The first-order valence-electron chi connectivity index (χ1n) is 3.26. The van der Waals surface area contributed by atoms with Gasteiger partial charge < -0.3 is 0 Å². The van der Waals surface area contributed by atoms with Gasteiger partial charge in [-0.1, -0.05) is 0 Å². The fourth-order valence-corrected chi connectivity index (χ4v) is 1.90. The summed E-state index contributed by atoms with van der Waals surface area (Å²) in [5, 5.41) is 0.907. The minimum absolute atomic E-state index is 0.638. The molecule has 0 saturated heterocycles. The molecule has 0 bridgehead atoms. The Hall–Kier alpha value is -0.810. The van der Waals surface area contributed by atoms with Crippen LogP contribution in [0.1, 0.15) is 0 Å². The van der Waals surface area contributed by atoms with Gasteiger partial charge in [0.1, 0.15) is 5.01 Å². The Morgan fingerprint density at radius 1 is 1.25 bits per heavy atom. The lowest BCUT2D eigenvalue weighted by Crippen LogP contribution is -1.75. The molecule has 2 aromatic heterocycles. The highest BCUT2D eigenvalue weighted by molar-refractivity contribution is 9.10. The molecule has 3 nitrogen and oxygen atoms in total. The fraction of sp³-hybridized carbons (Fsp3) is 0. The Morgan fingerprint density at radius 2 is 2.00 bits per heavy atom. The monoisotopic (exact) mass is 241 g/mol. The van der Waals surface area contributed by atoms with Crippen molar-refractivity contribution in [2.45, 2.75) is 0 Å². The topological polar surface area (TPSA) is 38.7 Å². The number of nitrogens with zero attached hydrogens (tertiary/aromatic N) is 3. The molecular formula is C7H4BrN3S. The van der Waals surface area contributed by atoms with Crippen LogP contribution in [0.5, 0.6) is 0 Å². The SMILES string of the molecule is Brc1nsc(-c2ccncc2)n1. The van der Waals surface area contributed by atoms with Gasteiger partial charge in [0, 0.05) is 18.0 Å². The van der Waals surface area contributed by atoms with E-state index in [2.05, 4.69) is 30.3 Å². The van der Waals surface area contributed by atoms with Crippen molar-refractivity contribution in [1.82, 2.24) is 14.3 Å². The summed E-state index contributed by atoms with van der Waals surface area (Å²) in [5.74, 6) is 0. The van der Waals surface area contributed by atoms with Gasteiger partial charge in [-0.3, -0.25) is 4.98 Å². The van der Waals surface area contributed by atoms with E-state index >= 15 is 0 Å². The van der Waals surface area contributed by atoms with Crippen molar-refractivity contribution in [1.29, 1.82) is 0 Å². The number of halogens is 1. The molecule has 12 heavy (non-hydrogen) atoms. The molecule has 0 radical (unpaired) electrons. The van der Waals surface area contributed by atoms with Gasteiger partial charge in [0.25, 0.3) is 0 Å². The van der Waals surface area contributed by atoms with Crippen molar-refractivity contribution < 1.29 is 0 Å². The summed E-state index contributed by atoms with van der Waals surface area (Å²) in [6.45, 7) is 0. The molecule has 2 aromatic rings. The van der Waals surface area contributed by atoms with E-state index in [1.807, 2.05) is 12.1 Å². The lowest BCUT2D eigenvalue weighted by Gasteiger charge is -1.90. The van der Waals surface area contributed by atoms with Crippen molar-refractivity contribution in [3.05, 3.63) is 29.3 Å². The van der Waals surface area contributed by atoms with Crippen LogP contribution >= 0.6 is 27.5 Å². The van der Waals surface area contributed by atoms with Crippen LogP contribution in [0.3, 0.4) is 0 Å². The van der Waals surface area contributed by atoms with E-state index in [0.29, 0.717) is 4.73 Å². The third kappa shape index (κ3) is 1.51. The molecule has 0 fully saturated rings. The van der Waals surface area contributed by atoms with Crippen molar-refractivity contribution in [2.75, 3.05) is 0 Å². The molecule has 0 spiro atoms. The Morgan fingerprint density at radius 3 is 2.58 bits per heavy atom.